The Kier molecular flexibility index (Phi) is 9.37. The largest absolute Gasteiger partial charge is 0.496 e. The van der Waals surface area contributed by atoms with Crippen molar-refractivity contribution in [3.8, 4) is 28.4 Å². The van der Waals surface area contributed by atoms with Crippen LogP contribution in [0, 0.1) is 0 Å². The predicted octanol–water partition coefficient (Wildman–Crippen LogP) is 6.37. The molecule has 8 heteroatoms. The van der Waals surface area contributed by atoms with Crippen LogP contribution in [0.2, 0.25) is 0 Å². The number of rotatable bonds is 13. The quantitative estimate of drug-likeness (QED) is 0.214. The summed E-state index contributed by atoms with van der Waals surface area (Å²) in [4.78, 5) is 11.7. The number of para-hydroxylation sites is 3. The third kappa shape index (κ3) is 6.72. The molecule has 0 saturated heterocycles. The van der Waals surface area contributed by atoms with Crippen molar-refractivity contribution in [1.29, 1.82) is 0 Å². The highest BCUT2D eigenvalue weighted by atomic mass is 16.5. The van der Waals surface area contributed by atoms with Crippen molar-refractivity contribution in [3.63, 3.8) is 0 Å². The van der Waals surface area contributed by atoms with E-state index in [2.05, 4.69) is 34.4 Å². The zero-order valence-corrected chi connectivity index (χ0v) is 22.4. The predicted molar refractivity (Wildman–Crippen MR) is 153 cm³/mol. The molecule has 4 rings (SSSR count). The van der Waals surface area contributed by atoms with E-state index in [1.165, 1.54) is 0 Å². The zero-order chi connectivity index (χ0) is 26.7. The molecule has 0 aliphatic heterocycles. The smallest absolute Gasteiger partial charge is 0.229 e. The summed E-state index contributed by atoms with van der Waals surface area (Å²) in [7, 11) is 3.30. The van der Waals surface area contributed by atoms with Crippen molar-refractivity contribution < 1.29 is 14.2 Å². The van der Waals surface area contributed by atoms with Gasteiger partial charge in [-0.2, -0.15) is 4.98 Å². The highest BCUT2D eigenvalue weighted by Crippen LogP contribution is 2.37. The van der Waals surface area contributed by atoms with Crippen molar-refractivity contribution in [3.05, 3.63) is 79.0 Å². The van der Waals surface area contributed by atoms with Gasteiger partial charge in [-0.15, -0.1) is 0 Å². The van der Waals surface area contributed by atoms with E-state index in [1.54, 1.807) is 20.4 Å². The second-order valence-corrected chi connectivity index (χ2v) is 8.51. The topological polar surface area (TPSA) is 80.8 Å². The fourth-order valence-corrected chi connectivity index (χ4v) is 4.07. The van der Waals surface area contributed by atoms with E-state index in [9.17, 15) is 0 Å². The molecule has 1 heterocycles. The van der Waals surface area contributed by atoms with Crippen LogP contribution >= 0.6 is 0 Å². The molecule has 0 saturated carbocycles. The van der Waals surface area contributed by atoms with Crippen LogP contribution in [0.5, 0.6) is 17.2 Å². The Labute approximate surface area is 224 Å². The van der Waals surface area contributed by atoms with Crippen molar-refractivity contribution in [1.82, 2.24) is 14.9 Å². The third-order valence-corrected chi connectivity index (χ3v) is 6.23. The number of hydrogen-bond donors (Lipinski definition) is 2. The van der Waals surface area contributed by atoms with Gasteiger partial charge in [0.05, 0.1) is 19.9 Å². The highest BCUT2D eigenvalue weighted by molar-refractivity contribution is 5.83. The number of methoxy groups -OCH3 is 2. The van der Waals surface area contributed by atoms with Crippen molar-refractivity contribution >= 4 is 23.1 Å². The van der Waals surface area contributed by atoms with E-state index in [4.69, 9.17) is 19.2 Å². The number of nitrogens with one attached hydrogen (secondary N) is 2. The fourth-order valence-electron chi connectivity index (χ4n) is 4.07. The molecule has 0 spiro atoms. The molecule has 2 N–H and O–H groups in total. The van der Waals surface area contributed by atoms with Gasteiger partial charge >= 0.3 is 0 Å². The molecule has 0 fully saturated rings. The Morgan fingerprint density at radius 2 is 1.45 bits per heavy atom. The number of aromatic nitrogens is 2. The van der Waals surface area contributed by atoms with Crippen LogP contribution in [0.1, 0.15) is 13.8 Å². The lowest BCUT2D eigenvalue weighted by Crippen LogP contribution is -2.27. The lowest BCUT2D eigenvalue weighted by atomic mass is 10.1. The molecule has 1 aromatic heterocycles. The van der Waals surface area contributed by atoms with Crippen LogP contribution in [-0.4, -0.2) is 55.3 Å². The summed E-state index contributed by atoms with van der Waals surface area (Å²) in [6, 6.07) is 23.3. The van der Waals surface area contributed by atoms with Crippen LogP contribution < -0.4 is 24.8 Å². The molecule has 0 unspecified atom stereocenters. The highest BCUT2D eigenvalue weighted by Gasteiger charge is 2.15. The normalized spacial score (nSPS) is 10.8. The Bertz CT molecular complexity index is 1310. The minimum absolute atomic E-state index is 0.455. The van der Waals surface area contributed by atoms with Crippen LogP contribution in [0.25, 0.3) is 11.1 Å². The Balaban J connectivity index is 1.57. The first-order valence-electron chi connectivity index (χ1n) is 12.8. The number of likely N-dealkylation sites (N-methyl/N-ethyl adjacent to an activating group) is 1. The average molecular weight is 514 g/mol. The van der Waals surface area contributed by atoms with E-state index < -0.39 is 0 Å². The van der Waals surface area contributed by atoms with Crippen LogP contribution in [0.3, 0.4) is 0 Å². The van der Waals surface area contributed by atoms with Gasteiger partial charge in [0.2, 0.25) is 5.95 Å². The number of nitrogens with zero attached hydrogens (tertiary/aromatic N) is 3. The summed E-state index contributed by atoms with van der Waals surface area (Å²) in [6.45, 7) is 7.92. The molecule has 8 nitrogen and oxygen atoms in total. The first-order valence-corrected chi connectivity index (χ1v) is 12.8. The summed E-state index contributed by atoms with van der Waals surface area (Å²) in [5, 5.41) is 6.72. The summed E-state index contributed by atoms with van der Waals surface area (Å²) in [5.74, 6) is 3.34. The molecular weight excluding hydrogens is 478 g/mol. The van der Waals surface area contributed by atoms with Crippen LogP contribution in [0.15, 0.2) is 79.0 Å². The van der Waals surface area contributed by atoms with Gasteiger partial charge in [-0.05, 0) is 55.6 Å². The molecular formula is C30H35N5O3. The third-order valence-electron chi connectivity index (χ3n) is 6.23. The van der Waals surface area contributed by atoms with Crippen molar-refractivity contribution in [2.75, 3.05) is 51.1 Å². The molecule has 38 heavy (non-hydrogen) atoms. The minimum atomic E-state index is 0.455. The minimum Gasteiger partial charge on any atom is -0.496 e. The first kappa shape index (κ1) is 26.8. The van der Waals surface area contributed by atoms with E-state index in [0.717, 1.165) is 53.6 Å². The fraction of sp³-hybridized carbons (Fsp3) is 0.267. The summed E-state index contributed by atoms with van der Waals surface area (Å²) in [5.41, 5.74) is 3.33. The number of hydrogen-bond acceptors (Lipinski definition) is 8. The molecule has 3 aromatic carbocycles. The molecule has 0 aliphatic rings. The summed E-state index contributed by atoms with van der Waals surface area (Å²) in [6.07, 6.45) is 1.79. The first-order chi connectivity index (χ1) is 18.6. The summed E-state index contributed by atoms with van der Waals surface area (Å²) >= 11 is 0. The van der Waals surface area contributed by atoms with Gasteiger partial charge in [-0.3, -0.25) is 0 Å². The molecule has 4 aromatic rings. The molecule has 0 amide bonds. The zero-order valence-electron chi connectivity index (χ0n) is 22.4. The molecule has 0 radical (unpaired) electrons. The second kappa shape index (κ2) is 13.3. The van der Waals surface area contributed by atoms with E-state index in [0.29, 0.717) is 24.1 Å². The van der Waals surface area contributed by atoms with Gasteiger partial charge in [-0.25, -0.2) is 4.98 Å². The number of anilines is 4. The maximum absolute atomic E-state index is 5.90. The molecule has 0 aliphatic carbocycles. The standard InChI is InChI=1S/C30H35N5O3/c1-5-35(6-2)19-20-38-23-17-15-22(16-18-23)32-30-31-21-25(24-11-7-9-13-27(24)36-3)29(34-30)33-26-12-8-10-14-28(26)37-4/h7-18,21H,5-6,19-20H2,1-4H3,(H2,31,32,33,34). The van der Waals surface area contributed by atoms with E-state index in [1.807, 2.05) is 72.8 Å². The van der Waals surface area contributed by atoms with Crippen molar-refractivity contribution in [2.24, 2.45) is 0 Å². The van der Waals surface area contributed by atoms with E-state index >= 15 is 0 Å². The van der Waals surface area contributed by atoms with Gasteiger partial charge in [0.15, 0.2) is 0 Å². The Hall–Kier alpha value is -4.30. The average Bonchev–Trinajstić information content (AvgIpc) is 2.97. The SMILES string of the molecule is CCN(CC)CCOc1ccc(Nc2ncc(-c3ccccc3OC)c(Nc3ccccc3OC)n2)cc1. The lowest BCUT2D eigenvalue weighted by molar-refractivity contribution is 0.223. The van der Waals surface area contributed by atoms with Crippen LogP contribution in [0.4, 0.5) is 23.1 Å². The number of ether oxygens (including phenoxy) is 3. The van der Waals surface area contributed by atoms with Gasteiger partial charge in [0.25, 0.3) is 0 Å². The van der Waals surface area contributed by atoms with Gasteiger partial charge in [0.1, 0.15) is 29.7 Å². The monoisotopic (exact) mass is 513 g/mol. The molecule has 198 valence electrons. The maximum Gasteiger partial charge on any atom is 0.229 e. The van der Waals surface area contributed by atoms with Crippen LogP contribution in [-0.2, 0) is 0 Å². The van der Waals surface area contributed by atoms with Gasteiger partial charge in [-0.1, -0.05) is 44.2 Å². The summed E-state index contributed by atoms with van der Waals surface area (Å²) < 4.78 is 17.0. The van der Waals surface area contributed by atoms with Gasteiger partial charge < -0.3 is 29.7 Å². The lowest BCUT2D eigenvalue weighted by Gasteiger charge is -2.18. The number of benzene rings is 3. The molecule has 0 bridgehead atoms. The maximum atomic E-state index is 5.90. The Morgan fingerprint density at radius 3 is 2.16 bits per heavy atom. The second-order valence-electron chi connectivity index (χ2n) is 8.51. The van der Waals surface area contributed by atoms with Gasteiger partial charge in [0, 0.05) is 29.6 Å². The molecule has 0 atom stereocenters. The Morgan fingerprint density at radius 1 is 0.763 bits per heavy atom. The van der Waals surface area contributed by atoms with E-state index in [-0.39, 0.29) is 0 Å². The van der Waals surface area contributed by atoms with Crippen molar-refractivity contribution in [2.45, 2.75) is 13.8 Å².